The number of phenols is 4. The van der Waals surface area contributed by atoms with E-state index in [0.717, 1.165) is 36.5 Å². The second kappa shape index (κ2) is 14.8. The molecule has 4 aromatic carbocycles. The number of rotatable bonds is 4. The van der Waals surface area contributed by atoms with Crippen molar-refractivity contribution in [2.45, 2.75) is 0 Å². The first-order valence-corrected chi connectivity index (χ1v) is 21.3. The molecule has 4 N–H and O–H groups in total. The number of nitrogens with zero attached hydrogens (tertiary/aromatic N) is 4. The predicted octanol–water partition coefficient (Wildman–Crippen LogP) is 10.9. The zero-order valence-electron chi connectivity index (χ0n) is 28.6. The van der Waals surface area contributed by atoms with Gasteiger partial charge in [0.15, 0.2) is 0 Å². The number of halogens is 4. The van der Waals surface area contributed by atoms with Gasteiger partial charge >= 0.3 is 0 Å². The number of allylic oxidation sites excluding steroid dienone is 12. The summed E-state index contributed by atoms with van der Waals surface area (Å²) < 4.78 is 3.58. The summed E-state index contributed by atoms with van der Waals surface area (Å²) in [5.74, 6) is 0.434. The first-order chi connectivity index (χ1) is 27.0. The molecule has 12 heteroatoms. The molecule has 0 spiro atoms. The third-order valence-corrected chi connectivity index (χ3v) is 13.2. The van der Waals surface area contributed by atoms with Gasteiger partial charge in [0, 0.05) is 58.8 Å². The van der Waals surface area contributed by atoms with Crippen LogP contribution in [0.5, 0.6) is 23.0 Å². The molecule has 0 atom stereocenters. The quantitative estimate of drug-likeness (QED) is 0.152. The van der Waals surface area contributed by atoms with Gasteiger partial charge in [-0.1, -0.05) is 0 Å². The van der Waals surface area contributed by atoms with E-state index in [1.807, 2.05) is 72.9 Å². The molecule has 0 amide bonds. The Morgan fingerprint density at radius 2 is 0.518 bits per heavy atom. The number of benzene rings is 4. The van der Waals surface area contributed by atoms with Gasteiger partial charge in [-0.3, -0.25) is 0 Å². The molecule has 4 aromatic rings. The Kier molecular flexibility index (Phi) is 9.85. The molecule has 0 aromatic heterocycles. The molecule has 8 bridgehead atoms. The number of hydrogen-bond acceptors (Lipinski definition) is 8. The molecule has 0 saturated heterocycles. The van der Waals surface area contributed by atoms with Crippen molar-refractivity contribution in [3.63, 3.8) is 0 Å². The van der Waals surface area contributed by atoms with Crippen molar-refractivity contribution in [2.75, 3.05) is 0 Å². The Morgan fingerprint density at radius 3 is 0.732 bits per heavy atom. The van der Waals surface area contributed by atoms with Crippen molar-refractivity contribution in [2.24, 2.45) is 20.0 Å². The summed E-state index contributed by atoms with van der Waals surface area (Å²) in [6, 6.07) is 20.9. The molecule has 0 radical (unpaired) electrons. The van der Waals surface area contributed by atoms with E-state index in [-0.39, 0.29) is 23.0 Å². The summed E-state index contributed by atoms with van der Waals surface area (Å²) in [5, 5.41) is 43.0. The second-order valence-corrected chi connectivity index (χ2v) is 17.7. The van der Waals surface area contributed by atoms with Crippen LogP contribution in [0.4, 0.5) is 0 Å². The topological polar surface area (TPSA) is 130 Å². The maximum absolute atomic E-state index is 10.7. The van der Waals surface area contributed by atoms with Gasteiger partial charge in [-0.2, -0.15) is 0 Å². The molecule has 0 unspecified atom stereocenters. The molecule has 5 aliphatic rings. The summed E-state index contributed by atoms with van der Waals surface area (Å²) >= 11 is 9.06. The lowest BCUT2D eigenvalue weighted by Gasteiger charge is -2.15. The fraction of sp³-hybridized carbons (Fsp3) is 0. The van der Waals surface area contributed by atoms with Crippen molar-refractivity contribution in [3.05, 3.63) is 181 Å². The highest BCUT2D eigenvalue weighted by Gasteiger charge is 2.30. The zero-order valence-corrected chi connectivity index (χ0v) is 37.3. The monoisotopic (exact) mass is 1180 g/mol. The Balaban J connectivity index is 1.42. The van der Waals surface area contributed by atoms with Crippen molar-refractivity contribution in [3.8, 4) is 23.0 Å². The first-order valence-electron chi connectivity index (χ1n) is 17.0. The van der Waals surface area contributed by atoms with Crippen LogP contribution in [0.15, 0.2) is 164 Å². The van der Waals surface area contributed by atoms with E-state index in [4.69, 9.17) is 20.0 Å². The second-order valence-electron chi connectivity index (χ2n) is 13.0. The molecular weight excluding hydrogens is 1160 g/mol. The molecule has 9 rings (SSSR count). The highest BCUT2D eigenvalue weighted by atomic mass is 127. The van der Waals surface area contributed by atoms with Crippen LogP contribution in [-0.2, 0) is 0 Å². The Morgan fingerprint density at radius 1 is 0.304 bits per heavy atom. The molecule has 0 aliphatic carbocycles. The van der Waals surface area contributed by atoms with Gasteiger partial charge in [0.1, 0.15) is 23.0 Å². The van der Waals surface area contributed by atoms with Gasteiger partial charge in [0.2, 0.25) is 0 Å². The minimum absolute atomic E-state index is 0.109. The van der Waals surface area contributed by atoms with Crippen LogP contribution in [-0.4, -0.2) is 43.3 Å². The number of phenolic OH excluding ortho intramolecular Hbond substituents is 4. The fourth-order valence-corrected chi connectivity index (χ4v) is 9.43. The molecule has 8 nitrogen and oxygen atoms in total. The molecule has 0 fully saturated rings. The van der Waals surface area contributed by atoms with Crippen molar-refractivity contribution in [1.29, 1.82) is 0 Å². The summed E-state index contributed by atoms with van der Waals surface area (Å²) in [4.78, 5) is 21.1. The lowest BCUT2D eigenvalue weighted by molar-refractivity contribution is 0.474. The molecule has 5 aliphatic heterocycles. The Hall–Kier alpha value is -4.40. The maximum Gasteiger partial charge on any atom is 0.116 e. The van der Waals surface area contributed by atoms with E-state index in [0.29, 0.717) is 67.9 Å². The standard InChI is InChI=1S/C44H24I4N4O4/c45-29-5-1-21(53)17-25(29)41-33-9-11-35(49-33)42(26-18-22(54)2-6-30(26)46)37-13-15-39(51-37)44(28-20-24(56)4-8-32(28)48)40-16-14-38(52-40)43(36-12-10-34(41)50-36)27-19-23(55)3-7-31(27)47/h1-20,53-56H. The van der Waals surface area contributed by atoms with Crippen LogP contribution >= 0.6 is 90.4 Å². The SMILES string of the molecule is Oc1ccc(I)c(C2=C3C=CC(=N3)C(c3cc(O)ccc3I)=C3C=CC(=N3)C(c3cc(O)ccc3I)=C3C=CC(=N3)C(c3cc(O)ccc3I)=C3C=CC2=N3)c1. The highest BCUT2D eigenvalue weighted by molar-refractivity contribution is 14.1. The number of aliphatic imine (C=N–C) groups is 4. The average Bonchev–Trinajstić information content (AvgIpc) is 4.01. The number of aromatic hydroxyl groups is 4. The summed E-state index contributed by atoms with van der Waals surface area (Å²) in [7, 11) is 0. The third kappa shape index (κ3) is 6.76. The van der Waals surface area contributed by atoms with Crippen LogP contribution in [0, 0.1) is 14.3 Å². The largest absolute Gasteiger partial charge is 0.508 e. The minimum atomic E-state index is 0.109. The van der Waals surface area contributed by atoms with E-state index in [9.17, 15) is 20.4 Å². The Labute approximate surface area is 375 Å². The van der Waals surface area contributed by atoms with E-state index < -0.39 is 0 Å². The maximum atomic E-state index is 10.7. The highest BCUT2D eigenvalue weighted by Crippen LogP contribution is 2.42. The van der Waals surface area contributed by atoms with Gasteiger partial charge in [0.05, 0.1) is 45.6 Å². The summed E-state index contributed by atoms with van der Waals surface area (Å²) in [6.07, 6.45) is 15.5. The molecular formula is C44H24I4N4O4. The number of fused-ring (bicyclic) bond motifs is 4. The van der Waals surface area contributed by atoms with Gasteiger partial charge in [0.25, 0.3) is 0 Å². The molecule has 272 valence electrons. The summed E-state index contributed by atoms with van der Waals surface area (Å²) in [6.45, 7) is 0. The van der Waals surface area contributed by atoms with E-state index in [1.165, 1.54) is 0 Å². The van der Waals surface area contributed by atoms with Crippen LogP contribution in [0.3, 0.4) is 0 Å². The minimum Gasteiger partial charge on any atom is -0.508 e. The predicted molar refractivity (Wildman–Crippen MR) is 257 cm³/mol. The van der Waals surface area contributed by atoms with Gasteiger partial charge < -0.3 is 20.4 Å². The van der Waals surface area contributed by atoms with E-state index in [2.05, 4.69) is 90.4 Å². The zero-order chi connectivity index (χ0) is 38.8. The van der Waals surface area contributed by atoms with E-state index in [1.54, 1.807) is 48.5 Å². The molecule has 56 heavy (non-hydrogen) atoms. The smallest absolute Gasteiger partial charge is 0.116 e. The Bertz CT molecular complexity index is 2490. The van der Waals surface area contributed by atoms with E-state index >= 15 is 0 Å². The average molecular weight is 1180 g/mol. The van der Waals surface area contributed by atoms with Crippen molar-refractivity contribution in [1.82, 2.24) is 0 Å². The van der Waals surface area contributed by atoms with Crippen LogP contribution in [0.1, 0.15) is 22.3 Å². The lowest BCUT2D eigenvalue weighted by atomic mass is 9.98. The van der Waals surface area contributed by atoms with Crippen LogP contribution in [0.25, 0.3) is 22.3 Å². The fourth-order valence-electron chi connectivity index (χ4n) is 7.01. The molecule has 5 heterocycles. The van der Waals surface area contributed by atoms with Crippen LogP contribution in [0.2, 0.25) is 0 Å². The lowest BCUT2D eigenvalue weighted by Crippen LogP contribution is -2.05. The molecule has 0 saturated carbocycles. The van der Waals surface area contributed by atoms with Gasteiger partial charge in [-0.05, 0) is 212 Å². The first kappa shape index (κ1) is 37.2. The van der Waals surface area contributed by atoms with Crippen molar-refractivity contribution < 1.29 is 20.4 Å². The summed E-state index contributed by atoms with van der Waals surface area (Å²) in [5.41, 5.74) is 10.9. The normalized spacial score (nSPS) is 17.1. The number of hydrogen-bond donors (Lipinski definition) is 4. The van der Waals surface area contributed by atoms with Gasteiger partial charge in [-0.15, -0.1) is 0 Å². The van der Waals surface area contributed by atoms with Crippen molar-refractivity contribution >= 4 is 136 Å². The van der Waals surface area contributed by atoms with Crippen LogP contribution < -0.4 is 0 Å². The van der Waals surface area contributed by atoms with Gasteiger partial charge in [-0.25, -0.2) is 20.0 Å². The third-order valence-electron chi connectivity index (χ3n) is 9.49.